The number of carbonyl (C=O) groups excluding carboxylic acids is 2. The number of methoxy groups -OCH3 is 1. The van der Waals surface area contributed by atoms with Crippen LogP contribution >= 0.6 is 0 Å². The van der Waals surface area contributed by atoms with Crippen molar-refractivity contribution >= 4 is 17.3 Å². The van der Waals surface area contributed by atoms with Gasteiger partial charge in [0.25, 0.3) is 0 Å². The molecule has 0 aliphatic heterocycles. The highest BCUT2D eigenvalue weighted by molar-refractivity contribution is 6.03. The quantitative estimate of drug-likeness (QED) is 0.468. The van der Waals surface area contributed by atoms with Crippen LogP contribution in [0, 0.1) is 24.0 Å². The summed E-state index contributed by atoms with van der Waals surface area (Å²) in [5, 5.41) is 11.1. The number of rotatable bonds is 7. The molecule has 0 atom stereocenters. The number of hydrogen-bond donors (Lipinski definition) is 1. The van der Waals surface area contributed by atoms with E-state index in [-0.39, 0.29) is 22.9 Å². The average Bonchev–Trinajstić information content (AvgIpc) is 2.87. The molecule has 2 aromatic rings. The number of aromatic nitrogens is 1. The van der Waals surface area contributed by atoms with Crippen molar-refractivity contribution in [1.29, 1.82) is 0 Å². The van der Waals surface area contributed by atoms with Gasteiger partial charge in [0.2, 0.25) is 5.78 Å². The van der Waals surface area contributed by atoms with Gasteiger partial charge in [-0.15, -0.1) is 0 Å². The van der Waals surface area contributed by atoms with Gasteiger partial charge in [-0.2, -0.15) is 0 Å². The lowest BCUT2D eigenvalue weighted by Crippen LogP contribution is -2.14. The number of hydrogen-bond acceptors (Lipinski definition) is 6. The SMILES string of the molecule is COc1ccc(OCC(=O)c2[nH]c(C)c(C(C)=O)c2C)c([N+](=O)[O-])c1. The number of aromatic amines is 1. The van der Waals surface area contributed by atoms with Crippen LogP contribution in [0.15, 0.2) is 18.2 Å². The minimum Gasteiger partial charge on any atom is -0.496 e. The molecule has 0 saturated carbocycles. The molecule has 8 nitrogen and oxygen atoms in total. The molecule has 1 heterocycles. The van der Waals surface area contributed by atoms with Crippen LogP contribution in [0.1, 0.15) is 39.0 Å². The molecule has 8 heteroatoms. The average molecular weight is 346 g/mol. The van der Waals surface area contributed by atoms with Gasteiger partial charge in [0.1, 0.15) is 5.75 Å². The Balaban J connectivity index is 2.22. The zero-order chi connectivity index (χ0) is 18.7. The van der Waals surface area contributed by atoms with Gasteiger partial charge in [-0.05, 0) is 38.5 Å². The second-order valence-electron chi connectivity index (χ2n) is 5.48. The van der Waals surface area contributed by atoms with E-state index in [4.69, 9.17) is 9.47 Å². The van der Waals surface area contributed by atoms with Crippen molar-refractivity contribution in [3.8, 4) is 11.5 Å². The Labute approximate surface area is 143 Å². The molecule has 132 valence electrons. The molecule has 0 saturated heterocycles. The number of H-pyrrole nitrogens is 1. The van der Waals surface area contributed by atoms with Crippen molar-refractivity contribution in [3.05, 3.63) is 50.8 Å². The van der Waals surface area contributed by atoms with E-state index in [1.807, 2.05) is 0 Å². The Bertz CT molecular complexity index is 853. The molecular weight excluding hydrogens is 328 g/mol. The summed E-state index contributed by atoms with van der Waals surface area (Å²) in [7, 11) is 1.39. The van der Waals surface area contributed by atoms with Gasteiger partial charge in [-0.25, -0.2) is 0 Å². The Morgan fingerprint density at radius 2 is 1.96 bits per heavy atom. The number of ether oxygens (including phenoxy) is 2. The third-order valence-corrected chi connectivity index (χ3v) is 3.79. The van der Waals surface area contributed by atoms with Crippen molar-refractivity contribution in [2.75, 3.05) is 13.7 Å². The summed E-state index contributed by atoms with van der Waals surface area (Å²) < 4.78 is 10.3. The van der Waals surface area contributed by atoms with Crippen molar-refractivity contribution in [2.45, 2.75) is 20.8 Å². The lowest BCUT2D eigenvalue weighted by Gasteiger charge is -2.07. The van der Waals surface area contributed by atoms with Crippen molar-refractivity contribution in [2.24, 2.45) is 0 Å². The van der Waals surface area contributed by atoms with Crippen LogP contribution < -0.4 is 9.47 Å². The first-order valence-corrected chi connectivity index (χ1v) is 7.44. The second-order valence-corrected chi connectivity index (χ2v) is 5.48. The first-order valence-electron chi connectivity index (χ1n) is 7.44. The smallest absolute Gasteiger partial charge is 0.314 e. The predicted octanol–water partition coefficient (Wildman–Crippen LogP) is 3.01. The number of Topliss-reactive ketones (excluding diaryl/α,β-unsaturated/α-hetero) is 2. The largest absolute Gasteiger partial charge is 0.496 e. The lowest BCUT2D eigenvalue weighted by atomic mass is 10.1. The fourth-order valence-electron chi connectivity index (χ4n) is 2.66. The van der Waals surface area contributed by atoms with Crippen LogP contribution in [0.4, 0.5) is 5.69 Å². The molecule has 2 rings (SSSR count). The number of nitrogens with zero attached hydrogens (tertiary/aromatic N) is 1. The van der Waals surface area contributed by atoms with Crippen LogP contribution in [0.25, 0.3) is 0 Å². The van der Waals surface area contributed by atoms with Gasteiger partial charge in [0, 0.05) is 11.3 Å². The third-order valence-electron chi connectivity index (χ3n) is 3.79. The lowest BCUT2D eigenvalue weighted by molar-refractivity contribution is -0.385. The molecule has 1 aromatic carbocycles. The van der Waals surface area contributed by atoms with Crippen molar-refractivity contribution in [1.82, 2.24) is 4.98 Å². The minimum atomic E-state index is -0.611. The maximum atomic E-state index is 12.4. The monoisotopic (exact) mass is 346 g/mol. The van der Waals surface area contributed by atoms with Crippen molar-refractivity contribution in [3.63, 3.8) is 0 Å². The van der Waals surface area contributed by atoms with E-state index in [0.717, 1.165) is 0 Å². The highest BCUT2D eigenvalue weighted by Gasteiger charge is 2.22. The fourth-order valence-corrected chi connectivity index (χ4v) is 2.66. The number of nitro benzene ring substituents is 1. The van der Waals surface area contributed by atoms with E-state index < -0.39 is 17.3 Å². The van der Waals surface area contributed by atoms with Gasteiger partial charge in [0.15, 0.2) is 18.1 Å². The van der Waals surface area contributed by atoms with E-state index >= 15 is 0 Å². The zero-order valence-electron chi connectivity index (χ0n) is 14.3. The van der Waals surface area contributed by atoms with Crippen LogP contribution in [0.2, 0.25) is 0 Å². The van der Waals surface area contributed by atoms with E-state index in [1.54, 1.807) is 13.8 Å². The summed E-state index contributed by atoms with van der Waals surface area (Å²) in [5.41, 5.74) is 1.58. The summed E-state index contributed by atoms with van der Waals surface area (Å²) in [6.45, 7) is 4.40. The number of nitrogens with one attached hydrogen (secondary N) is 1. The standard InChI is InChI=1S/C17H18N2O6/c1-9-16(11(3)20)10(2)18-17(9)14(21)8-25-15-6-5-12(24-4)7-13(15)19(22)23/h5-7,18H,8H2,1-4H3. The van der Waals surface area contributed by atoms with E-state index in [0.29, 0.717) is 22.6 Å². The molecular formula is C17H18N2O6. The number of ketones is 2. The van der Waals surface area contributed by atoms with Gasteiger partial charge in [-0.3, -0.25) is 19.7 Å². The molecule has 0 spiro atoms. The Kier molecular flexibility index (Phi) is 5.21. The molecule has 0 bridgehead atoms. The van der Waals surface area contributed by atoms with Gasteiger partial charge in [0.05, 0.1) is 23.8 Å². The number of benzene rings is 1. The molecule has 0 unspecified atom stereocenters. The fraction of sp³-hybridized carbons (Fsp3) is 0.294. The van der Waals surface area contributed by atoms with Crippen LogP contribution in [0.3, 0.4) is 0 Å². The summed E-state index contributed by atoms with van der Waals surface area (Å²) >= 11 is 0. The number of carbonyl (C=O) groups is 2. The number of aryl methyl sites for hydroxylation is 1. The van der Waals surface area contributed by atoms with E-state index in [9.17, 15) is 19.7 Å². The predicted molar refractivity (Wildman–Crippen MR) is 89.7 cm³/mol. The molecule has 1 N–H and O–H groups in total. The van der Waals surface area contributed by atoms with E-state index in [1.165, 1.54) is 32.2 Å². The minimum absolute atomic E-state index is 0.0353. The highest BCUT2D eigenvalue weighted by Crippen LogP contribution is 2.31. The van der Waals surface area contributed by atoms with Gasteiger partial charge >= 0.3 is 5.69 Å². The second kappa shape index (κ2) is 7.16. The van der Waals surface area contributed by atoms with Crippen LogP contribution in [-0.4, -0.2) is 35.2 Å². The molecule has 0 fully saturated rings. The van der Waals surface area contributed by atoms with Gasteiger partial charge < -0.3 is 14.5 Å². The molecule has 1 aromatic heterocycles. The topological polar surface area (TPSA) is 112 Å². The molecule has 25 heavy (non-hydrogen) atoms. The van der Waals surface area contributed by atoms with Gasteiger partial charge in [-0.1, -0.05) is 0 Å². The van der Waals surface area contributed by atoms with E-state index in [2.05, 4.69) is 4.98 Å². The summed E-state index contributed by atoms with van der Waals surface area (Å²) in [6.07, 6.45) is 0. The molecule has 0 aliphatic rings. The molecule has 0 amide bonds. The van der Waals surface area contributed by atoms with Crippen LogP contribution in [0.5, 0.6) is 11.5 Å². The maximum Gasteiger partial charge on any atom is 0.314 e. The third kappa shape index (κ3) is 3.68. The van der Waals surface area contributed by atoms with Crippen LogP contribution in [-0.2, 0) is 0 Å². The first kappa shape index (κ1) is 18.2. The Hall–Kier alpha value is -3.16. The Morgan fingerprint density at radius 1 is 1.28 bits per heavy atom. The number of nitro groups is 1. The maximum absolute atomic E-state index is 12.4. The molecule has 0 radical (unpaired) electrons. The first-order chi connectivity index (χ1) is 11.8. The van der Waals surface area contributed by atoms with Crippen molar-refractivity contribution < 1.29 is 24.0 Å². The highest BCUT2D eigenvalue weighted by atomic mass is 16.6. The normalized spacial score (nSPS) is 10.4. The summed E-state index contributed by atoms with van der Waals surface area (Å²) in [4.78, 5) is 37.4. The Morgan fingerprint density at radius 3 is 2.48 bits per heavy atom. The summed E-state index contributed by atoms with van der Waals surface area (Å²) in [5.74, 6) is -0.269. The zero-order valence-corrected chi connectivity index (χ0v) is 14.3. The molecule has 0 aliphatic carbocycles. The summed E-state index contributed by atoms with van der Waals surface area (Å²) in [6, 6.07) is 4.10.